The van der Waals surface area contributed by atoms with Gasteiger partial charge < -0.3 is 10.0 Å². The minimum absolute atomic E-state index is 0.151. The van der Waals surface area contributed by atoms with Crippen LogP contribution in [0.2, 0.25) is 0 Å². The van der Waals surface area contributed by atoms with E-state index in [1.165, 1.54) is 9.58 Å². The average Bonchev–Trinajstić information content (AvgIpc) is 2.58. The molecule has 0 spiro atoms. The van der Waals surface area contributed by atoms with Gasteiger partial charge >= 0.3 is 5.97 Å². The number of aromatic nitrogens is 5. The van der Waals surface area contributed by atoms with Crippen LogP contribution in [0.5, 0.6) is 0 Å². The predicted molar refractivity (Wildman–Crippen MR) is 59.7 cm³/mol. The van der Waals surface area contributed by atoms with E-state index in [0.717, 1.165) is 0 Å². The maximum atomic E-state index is 10.7. The Labute approximate surface area is 96.9 Å². The first-order valence-electron chi connectivity index (χ1n) is 4.96. The molecule has 0 aliphatic heterocycles. The Bertz CT molecular complexity index is 578. The maximum absolute atomic E-state index is 10.7. The molecule has 8 heteroatoms. The minimum atomic E-state index is -0.930. The van der Waals surface area contributed by atoms with Crippen LogP contribution in [0.25, 0.3) is 11.2 Å². The fourth-order valence-electron chi connectivity index (χ4n) is 1.55. The molecule has 0 amide bonds. The molecule has 8 nitrogen and oxygen atoms in total. The number of nitrogens with zero attached hydrogens (tertiary/aromatic N) is 6. The Balaban J connectivity index is 2.56. The summed E-state index contributed by atoms with van der Waals surface area (Å²) in [4.78, 5) is 20.6. The van der Waals surface area contributed by atoms with Crippen molar-refractivity contribution in [3.05, 3.63) is 5.82 Å². The van der Waals surface area contributed by atoms with Crippen LogP contribution in [0, 0.1) is 6.92 Å². The molecule has 2 aromatic rings. The fourth-order valence-corrected chi connectivity index (χ4v) is 1.55. The molecule has 2 aromatic heterocycles. The summed E-state index contributed by atoms with van der Waals surface area (Å²) in [6.45, 7) is 1.59. The first-order chi connectivity index (χ1) is 7.99. The summed E-state index contributed by atoms with van der Waals surface area (Å²) in [5, 5.41) is 16.6. The zero-order valence-corrected chi connectivity index (χ0v) is 9.75. The number of anilines is 1. The van der Waals surface area contributed by atoms with Gasteiger partial charge in [0.15, 0.2) is 17.0 Å². The van der Waals surface area contributed by atoms with Gasteiger partial charge in [-0.1, -0.05) is 5.21 Å². The van der Waals surface area contributed by atoms with E-state index in [2.05, 4.69) is 20.3 Å². The topological polar surface area (TPSA) is 97.0 Å². The molecule has 90 valence electrons. The molecule has 0 aliphatic rings. The number of carbonyl (C=O) groups is 1. The van der Waals surface area contributed by atoms with E-state index >= 15 is 0 Å². The Morgan fingerprint density at radius 3 is 2.82 bits per heavy atom. The molecule has 0 aliphatic carbocycles. The molecule has 2 rings (SSSR count). The maximum Gasteiger partial charge on any atom is 0.323 e. The highest BCUT2D eigenvalue weighted by Gasteiger charge is 2.16. The fraction of sp³-hybridized carbons (Fsp3) is 0.444. The molecule has 2 heterocycles. The van der Waals surface area contributed by atoms with Gasteiger partial charge in [0.25, 0.3) is 0 Å². The summed E-state index contributed by atoms with van der Waals surface area (Å²) >= 11 is 0. The SMILES string of the molecule is Cc1nc(N(C)CC(=O)O)c2nnn(C)c2n1. The number of aliphatic carboxylic acids is 1. The van der Waals surface area contributed by atoms with Crippen molar-refractivity contribution in [2.45, 2.75) is 6.92 Å². The summed E-state index contributed by atoms with van der Waals surface area (Å²) in [5.74, 6) is 0.0962. The summed E-state index contributed by atoms with van der Waals surface area (Å²) in [6, 6.07) is 0. The van der Waals surface area contributed by atoms with Crippen molar-refractivity contribution in [2.75, 3.05) is 18.5 Å². The zero-order chi connectivity index (χ0) is 12.6. The second-order valence-corrected chi connectivity index (χ2v) is 3.73. The Morgan fingerprint density at radius 1 is 1.47 bits per heavy atom. The third-order valence-corrected chi connectivity index (χ3v) is 2.28. The molecule has 0 bridgehead atoms. The van der Waals surface area contributed by atoms with Crippen LogP contribution in [0.15, 0.2) is 0 Å². The van der Waals surface area contributed by atoms with Gasteiger partial charge in [-0.3, -0.25) is 4.79 Å². The summed E-state index contributed by atoms with van der Waals surface area (Å²) in [6.07, 6.45) is 0. The number of carboxylic acid groups (broad SMARTS) is 1. The van der Waals surface area contributed by atoms with Crippen LogP contribution in [0.3, 0.4) is 0 Å². The van der Waals surface area contributed by atoms with Crippen molar-refractivity contribution in [3.63, 3.8) is 0 Å². The van der Waals surface area contributed by atoms with E-state index in [1.807, 2.05) is 0 Å². The predicted octanol–water partition coefficient (Wildman–Crippen LogP) is -0.412. The van der Waals surface area contributed by atoms with Crippen molar-refractivity contribution in [1.82, 2.24) is 25.0 Å². The first-order valence-corrected chi connectivity index (χ1v) is 4.96. The van der Waals surface area contributed by atoms with E-state index in [1.54, 1.807) is 21.0 Å². The van der Waals surface area contributed by atoms with Gasteiger partial charge in [-0.05, 0) is 6.92 Å². The molecule has 0 unspecified atom stereocenters. The molecule has 0 saturated heterocycles. The highest BCUT2D eigenvalue weighted by atomic mass is 16.4. The normalized spacial score (nSPS) is 10.8. The molecule has 0 aromatic carbocycles. The monoisotopic (exact) mass is 236 g/mol. The number of likely N-dealkylation sites (N-methyl/N-ethyl adjacent to an activating group) is 1. The van der Waals surface area contributed by atoms with Crippen molar-refractivity contribution in [3.8, 4) is 0 Å². The van der Waals surface area contributed by atoms with E-state index in [-0.39, 0.29) is 6.54 Å². The first kappa shape index (κ1) is 11.2. The molecule has 0 radical (unpaired) electrons. The zero-order valence-electron chi connectivity index (χ0n) is 9.75. The van der Waals surface area contributed by atoms with Gasteiger partial charge in [0.1, 0.15) is 12.4 Å². The van der Waals surface area contributed by atoms with Crippen molar-refractivity contribution in [1.29, 1.82) is 0 Å². The smallest absolute Gasteiger partial charge is 0.323 e. The number of rotatable bonds is 3. The summed E-state index contributed by atoms with van der Waals surface area (Å²) in [5.41, 5.74) is 1.09. The van der Waals surface area contributed by atoms with Gasteiger partial charge in [0, 0.05) is 14.1 Å². The Kier molecular flexibility index (Phi) is 2.62. The Morgan fingerprint density at radius 2 is 2.18 bits per heavy atom. The largest absolute Gasteiger partial charge is 0.480 e. The van der Waals surface area contributed by atoms with Crippen LogP contribution in [0.4, 0.5) is 5.82 Å². The lowest BCUT2D eigenvalue weighted by Crippen LogP contribution is -2.26. The van der Waals surface area contributed by atoms with E-state index < -0.39 is 5.97 Å². The summed E-state index contributed by atoms with van der Waals surface area (Å²) < 4.78 is 1.53. The molecule has 0 saturated carbocycles. The number of carboxylic acids is 1. The van der Waals surface area contributed by atoms with Gasteiger partial charge in [0.2, 0.25) is 0 Å². The van der Waals surface area contributed by atoms with Gasteiger partial charge in [-0.2, -0.15) is 0 Å². The third kappa shape index (κ3) is 2.01. The average molecular weight is 236 g/mol. The second kappa shape index (κ2) is 3.96. The van der Waals surface area contributed by atoms with Crippen LogP contribution in [0.1, 0.15) is 5.82 Å². The number of fused-ring (bicyclic) bond motifs is 1. The molecule has 17 heavy (non-hydrogen) atoms. The number of hydrogen-bond donors (Lipinski definition) is 1. The van der Waals surface area contributed by atoms with Crippen LogP contribution >= 0.6 is 0 Å². The lowest BCUT2D eigenvalue weighted by molar-refractivity contribution is -0.135. The second-order valence-electron chi connectivity index (χ2n) is 3.73. The third-order valence-electron chi connectivity index (χ3n) is 2.28. The number of aryl methyl sites for hydroxylation is 2. The molecular weight excluding hydrogens is 224 g/mol. The van der Waals surface area contributed by atoms with Crippen LogP contribution < -0.4 is 4.90 Å². The lowest BCUT2D eigenvalue weighted by Gasteiger charge is -2.15. The standard InChI is InChI=1S/C9H12N6O2/c1-5-10-8(14(2)4-6(16)17)7-9(11-5)15(3)13-12-7/h4H2,1-3H3,(H,16,17). The Hall–Kier alpha value is -2.25. The van der Waals surface area contributed by atoms with Crippen molar-refractivity contribution < 1.29 is 9.90 Å². The lowest BCUT2D eigenvalue weighted by atomic mass is 10.4. The van der Waals surface area contributed by atoms with E-state index in [4.69, 9.17) is 5.11 Å². The van der Waals surface area contributed by atoms with Crippen LogP contribution in [-0.4, -0.2) is 49.6 Å². The van der Waals surface area contributed by atoms with Crippen molar-refractivity contribution in [2.24, 2.45) is 7.05 Å². The van der Waals surface area contributed by atoms with Gasteiger partial charge in [-0.25, -0.2) is 14.6 Å². The van der Waals surface area contributed by atoms with E-state index in [0.29, 0.717) is 22.8 Å². The quantitative estimate of drug-likeness (QED) is 0.773. The van der Waals surface area contributed by atoms with Crippen molar-refractivity contribution >= 4 is 23.0 Å². The van der Waals surface area contributed by atoms with Gasteiger partial charge in [0.05, 0.1) is 0 Å². The molecule has 0 atom stereocenters. The molecule has 1 N–H and O–H groups in total. The highest BCUT2D eigenvalue weighted by Crippen LogP contribution is 2.19. The van der Waals surface area contributed by atoms with Gasteiger partial charge in [-0.15, -0.1) is 5.10 Å². The highest BCUT2D eigenvalue weighted by molar-refractivity contribution is 5.85. The summed E-state index contributed by atoms with van der Waals surface area (Å²) in [7, 11) is 3.37. The molecular formula is C9H12N6O2. The van der Waals surface area contributed by atoms with E-state index in [9.17, 15) is 4.79 Å². The number of hydrogen-bond acceptors (Lipinski definition) is 6. The van der Waals surface area contributed by atoms with Crippen LogP contribution in [-0.2, 0) is 11.8 Å². The molecule has 0 fully saturated rings. The minimum Gasteiger partial charge on any atom is -0.480 e.